The maximum absolute atomic E-state index is 12.9. The van der Waals surface area contributed by atoms with Gasteiger partial charge in [-0.15, -0.1) is 12.4 Å². The topological polar surface area (TPSA) is 67.4 Å². The number of aryl methyl sites for hydroxylation is 1. The van der Waals surface area contributed by atoms with Gasteiger partial charge in [-0.1, -0.05) is 25.5 Å². The Morgan fingerprint density at radius 1 is 1.07 bits per heavy atom. The molecule has 5 nitrogen and oxygen atoms in total. The van der Waals surface area contributed by atoms with Gasteiger partial charge in [0.15, 0.2) is 0 Å². The lowest BCUT2D eigenvalue weighted by Gasteiger charge is -2.16. The lowest BCUT2D eigenvalue weighted by molar-refractivity contribution is 0.416. The standard InChI is InChI=1S/C21H28N2O3S.ClH/c1-3-4-5-16-6-8-19(9-7-16)27(24,25)23-20-14-17-10-12-22-13-11-18(17)15-21(20)26-2;/h6-9,14-15,22-23H,3-5,10-13H2,1-2H3;1H. The number of fused-ring (bicyclic) bond motifs is 1. The van der Waals surface area contributed by atoms with Crippen molar-refractivity contribution in [2.45, 2.75) is 43.9 Å². The van der Waals surface area contributed by atoms with Crippen LogP contribution in [0.3, 0.4) is 0 Å². The summed E-state index contributed by atoms with van der Waals surface area (Å²) in [7, 11) is -2.10. The van der Waals surface area contributed by atoms with Gasteiger partial charge < -0.3 is 10.1 Å². The summed E-state index contributed by atoms with van der Waals surface area (Å²) in [6.45, 7) is 3.96. The van der Waals surface area contributed by atoms with Crippen LogP contribution in [0.1, 0.15) is 36.5 Å². The minimum Gasteiger partial charge on any atom is -0.495 e. The zero-order valence-electron chi connectivity index (χ0n) is 16.5. The largest absolute Gasteiger partial charge is 0.495 e. The first-order valence-electron chi connectivity index (χ1n) is 9.55. The zero-order chi connectivity index (χ0) is 19.3. The van der Waals surface area contributed by atoms with E-state index in [0.29, 0.717) is 11.4 Å². The Morgan fingerprint density at radius 2 is 1.71 bits per heavy atom. The van der Waals surface area contributed by atoms with Crippen molar-refractivity contribution in [2.24, 2.45) is 0 Å². The van der Waals surface area contributed by atoms with Crippen LogP contribution in [-0.2, 0) is 29.3 Å². The van der Waals surface area contributed by atoms with Gasteiger partial charge in [-0.3, -0.25) is 4.72 Å². The van der Waals surface area contributed by atoms with Gasteiger partial charge in [-0.2, -0.15) is 0 Å². The summed E-state index contributed by atoms with van der Waals surface area (Å²) in [5.41, 5.74) is 4.02. The van der Waals surface area contributed by atoms with E-state index in [1.54, 1.807) is 19.2 Å². The Morgan fingerprint density at radius 3 is 2.32 bits per heavy atom. The number of benzene rings is 2. The average Bonchev–Trinajstić information content (AvgIpc) is 2.90. The minimum atomic E-state index is -3.66. The smallest absolute Gasteiger partial charge is 0.262 e. The van der Waals surface area contributed by atoms with E-state index in [4.69, 9.17) is 4.74 Å². The molecule has 0 aliphatic carbocycles. The van der Waals surface area contributed by atoms with E-state index in [1.165, 1.54) is 5.56 Å². The molecule has 0 unspecified atom stereocenters. The molecule has 1 heterocycles. The van der Waals surface area contributed by atoms with Gasteiger partial charge in [-0.25, -0.2) is 8.42 Å². The number of hydrogen-bond donors (Lipinski definition) is 2. The van der Waals surface area contributed by atoms with Gasteiger partial charge in [-0.05, 0) is 79.7 Å². The quantitative estimate of drug-likeness (QED) is 0.706. The Hall–Kier alpha value is -1.76. The van der Waals surface area contributed by atoms with Crippen LogP contribution in [0.15, 0.2) is 41.3 Å². The molecule has 0 amide bonds. The zero-order valence-corrected chi connectivity index (χ0v) is 18.1. The van der Waals surface area contributed by atoms with Crippen LogP contribution >= 0.6 is 12.4 Å². The monoisotopic (exact) mass is 424 g/mol. The molecular formula is C21H29ClN2O3S. The number of anilines is 1. The highest BCUT2D eigenvalue weighted by atomic mass is 35.5. The van der Waals surface area contributed by atoms with Crippen LogP contribution in [0, 0.1) is 0 Å². The molecule has 1 aliphatic heterocycles. The summed E-state index contributed by atoms with van der Waals surface area (Å²) in [5.74, 6) is 0.554. The summed E-state index contributed by atoms with van der Waals surface area (Å²) in [6.07, 6.45) is 4.98. The number of hydrogen-bond acceptors (Lipinski definition) is 4. The first kappa shape index (κ1) is 22.5. The molecule has 0 radical (unpaired) electrons. The third-order valence-corrected chi connectivity index (χ3v) is 6.34. The van der Waals surface area contributed by atoms with Gasteiger partial charge in [0.05, 0.1) is 17.7 Å². The fourth-order valence-electron chi connectivity index (χ4n) is 3.37. The van der Waals surface area contributed by atoms with Crippen molar-refractivity contribution in [3.05, 3.63) is 53.1 Å². The normalized spacial score (nSPS) is 13.8. The molecule has 0 fully saturated rings. The second-order valence-electron chi connectivity index (χ2n) is 6.92. The first-order chi connectivity index (χ1) is 13.0. The third kappa shape index (κ3) is 5.40. The average molecular weight is 425 g/mol. The van der Waals surface area contributed by atoms with Crippen LogP contribution in [0.5, 0.6) is 5.75 Å². The maximum Gasteiger partial charge on any atom is 0.262 e. The third-order valence-electron chi connectivity index (χ3n) is 4.96. The van der Waals surface area contributed by atoms with E-state index < -0.39 is 10.0 Å². The molecule has 0 atom stereocenters. The molecule has 0 spiro atoms. The van der Waals surface area contributed by atoms with E-state index >= 15 is 0 Å². The number of methoxy groups -OCH3 is 1. The molecule has 0 saturated carbocycles. The van der Waals surface area contributed by atoms with Gasteiger partial charge in [0.25, 0.3) is 10.0 Å². The summed E-state index contributed by atoms with van der Waals surface area (Å²) in [6, 6.07) is 11.0. The van der Waals surface area contributed by atoms with Crippen LogP contribution in [0.4, 0.5) is 5.69 Å². The summed E-state index contributed by atoms with van der Waals surface area (Å²) < 4.78 is 33.9. The molecule has 3 rings (SSSR count). The Labute approximate surface area is 174 Å². The van der Waals surface area contributed by atoms with Gasteiger partial charge in [0, 0.05) is 0 Å². The van der Waals surface area contributed by atoms with Crippen LogP contribution in [0.2, 0.25) is 0 Å². The highest BCUT2D eigenvalue weighted by Crippen LogP contribution is 2.31. The second-order valence-corrected chi connectivity index (χ2v) is 8.61. The fraction of sp³-hybridized carbons (Fsp3) is 0.429. The van der Waals surface area contributed by atoms with E-state index in [2.05, 4.69) is 17.0 Å². The van der Waals surface area contributed by atoms with Crippen molar-refractivity contribution >= 4 is 28.1 Å². The van der Waals surface area contributed by atoms with Gasteiger partial charge >= 0.3 is 0 Å². The molecule has 154 valence electrons. The van der Waals surface area contributed by atoms with Crippen molar-refractivity contribution in [1.82, 2.24) is 5.32 Å². The highest BCUT2D eigenvalue weighted by Gasteiger charge is 2.19. The number of rotatable bonds is 7. The molecule has 0 aromatic heterocycles. The molecule has 2 N–H and O–H groups in total. The number of ether oxygens (including phenoxy) is 1. The Balaban J connectivity index is 0.00000280. The maximum atomic E-state index is 12.9. The highest BCUT2D eigenvalue weighted by molar-refractivity contribution is 7.92. The Bertz CT molecular complexity index is 883. The molecule has 7 heteroatoms. The molecule has 0 bridgehead atoms. The lowest BCUT2D eigenvalue weighted by Crippen LogP contribution is -2.16. The molecule has 28 heavy (non-hydrogen) atoms. The first-order valence-corrected chi connectivity index (χ1v) is 11.0. The van der Waals surface area contributed by atoms with Gasteiger partial charge in [0.2, 0.25) is 0 Å². The van der Waals surface area contributed by atoms with Crippen molar-refractivity contribution in [3.8, 4) is 5.75 Å². The van der Waals surface area contributed by atoms with E-state index in [0.717, 1.165) is 56.3 Å². The van der Waals surface area contributed by atoms with E-state index in [9.17, 15) is 8.42 Å². The molecule has 0 saturated heterocycles. The van der Waals surface area contributed by atoms with Gasteiger partial charge in [0.1, 0.15) is 5.75 Å². The minimum absolute atomic E-state index is 0. The molecular weight excluding hydrogens is 396 g/mol. The molecule has 2 aromatic carbocycles. The Kier molecular flexibility index (Phi) is 8.16. The van der Waals surface area contributed by atoms with Crippen molar-refractivity contribution in [1.29, 1.82) is 0 Å². The van der Waals surface area contributed by atoms with E-state index in [1.807, 2.05) is 24.3 Å². The van der Waals surface area contributed by atoms with Crippen molar-refractivity contribution in [3.63, 3.8) is 0 Å². The predicted octanol–water partition coefficient (Wildman–Crippen LogP) is 3.95. The SMILES string of the molecule is CCCCc1ccc(S(=O)(=O)Nc2cc3c(cc2OC)CCNCC3)cc1.Cl. The number of nitrogens with one attached hydrogen (secondary N) is 2. The fourth-order valence-corrected chi connectivity index (χ4v) is 4.43. The number of sulfonamides is 1. The van der Waals surface area contributed by atoms with Crippen LogP contribution in [-0.4, -0.2) is 28.6 Å². The predicted molar refractivity (Wildman–Crippen MR) is 116 cm³/mol. The second kappa shape index (κ2) is 10.1. The van der Waals surface area contributed by atoms with Crippen molar-refractivity contribution in [2.75, 3.05) is 24.9 Å². The number of unbranched alkanes of at least 4 members (excludes halogenated alkanes) is 1. The molecule has 2 aromatic rings. The summed E-state index contributed by atoms with van der Waals surface area (Å²) in [4.78, 5) is 0.265. The summed E-state index contributed by atoms with van der Waals surface area (Å²) in [5, 5.41) is 3.37. The number of halogens is 1. The lowest BCUT2D eigenvalue weighted by atomic mass is 10.0. The molecule has 1 aliphatic rings. The summed E-state index contributed by atoms with van der Waals surface area (Å²) >= 11 is 0. The van der Waals surface area contributed by atoms with Crippen LogP contribution in [0.25, 0.3) is 0 Å². The van der Waals surface area contributed by atoms with Crippen LogP contribution < -0.4 is 14.8 Å². The van der Waals surface area contributed by atoms with E-state index in [-0.39, 0.29) is 17.3 Å². The van der Waals surface area contributed by atoms with Crippen molar-refractivity contribution < 1.29 is 13.2 Å².